The van der Waals surface area contributed by atoms with Crippen molar-refractivity contribution >= 4 is 0 Å². The fourth-order valence-electron chi connectivity index (χ4n) is 2.54. The minimum Gasteiger partial charge on any atom is -0.303 e. The lowest BCUT2D eigenvalue weighted by Crippen LogP contribution is -2.37. The molecule has 0 bridgehead atoms. The molecule has 0 saturated heterocycles. The third-order valence-corrected chi connectivity index (χ3v) is 3.63. The molecule has 0 aromatic carbocycles. The van der Waals surface area contributed by atoms with Crippen LogP contribution in [0.5, 0.6) is 0 Å². The lowest BCUT2D eigenvalue weighted by atomic mass is 9.87. The van der Waals surface area contributed by atoms with Crippen LogP contribution in [0.1, 0.15) is 52.4 Å². The van der Waals surface area contributed by atoms with Crippen LogP contribution in [-0.2, 0) is 0 Å². The highest BCUT2D eigenvalue weighted by Gasteiger charge is 2.21. The molecule has 2 unspecified atom stereocenters. The zero-order chi connectivity index (χ0) is 9.68. The predicted octanol–water partition coefficient (Wildman–Crippen LogP) is 3.30. The lowest BCUT2D eigenvalue weighted by Gasteiger charge is -2.33. The largest absolute Gasteiger partial charge is 0.303 e. The highest BCUT2D eigenvalue weighted by atomic mass is 15.1. The molecule has 0 aromatic heterocycles. The third-order valence-electron chi connectivity index (χ3n) is 3.63. The van der Waals surface area contributed by atoms with Gasteiger partial charge in [-0.05, 0) is 32.4 Å². The standard InChI is InChI=1S/C12H25N/c1-4-13(3)12-10-8-6-5-7-9-11(12)2/h11-12H,4-10H2,1-3H3. The third kappa shape index (κ3) is 3.30. The van der Waals surface area contributed by atoms with Gasteiger partial charge in [0.05, 0.1) is 0 Å². The summed E-state index contributed by atoms with van der Waals surface area (Å²) in [7, 11) is 2.28. The van der Waals surface area contributed by atoms with Crippen molar-refractivity contribution < 1.29 is 0 Å². The van der Waals surface area contributed by atoms with E-state index in [-0.39, 0.29) is 0 Å². The number of rotatable bonds is 2. The molecule has 1 saturated carbocycles. The molecule has 0 radical (unpaired) electrons. The molecule has 1 aliphatic rings. The van der Waals surface area contributed by atoms with Gasteiger partial charge in [0, 0.05) is 6.04 Å². The van der Waals surface area contributed by atoms with Crippen LogP contribution in [0.4, 0.5) is 0 Å². The molecule has 1 heteroatoms. The van der Waals surface area contributed by atoms with E-state index in [1.807, 2.05) is 0 Å². The van der Waals surface area contributed by atoms with Crippen LogP contribution in [0, 0.1) is 5.92 Å². The van der Waals surface area contributed by atoms with Gasteiger partial charge in [-0.1, -0.05) is 39.5 Å². The Morgan fingerprint density at radius 2 is 1.69 bits per heavy atom. The smallest absolute Gasteiger partial charge is 0.0118 e. The summed E-state index contributed by atoms with van der Waals surface area (Å²) >= 11 is 0. The van der Waals surface area contributed by atoms with Gasteiger partial charge in [-0.2, -0.15) is 0 Å². The van der Waals surface area contributed by atoms with E-state index in [2.05, 4.69) is 25.8 Å². The monoisotopic (exact) mass is 183 g/mol. The summed E-state index contributed by atoms with van der Waals surface area (Å²) in [5, 5.41) is 0. The van der Waals surface area contributed by atoms with Crippen molar-refractivity contribution in [3.8, 4) is 0 Å². The van der Waals surface area contributed by atoms with E-state index in [0.717, 1.165) is 12.0 Å². The van der Waals surface area contributed by atoms with Crippen molar-refractivity contribution in [1.82, 2.24) is 4.90 Å². The Kier molecular flexibility index (Phi) is 4.79. The summed E-state index contributed by atoms with van der Waals surface area (Å²) in [6.07, 6.45) is 8.68. The maximum atomic E-state index is 2.54. The van der Waals surface area contributed by atoms with Gasteiger partial charge in [0.25, 0.3) is 0 Å². The van der Waals surface area contributed by atoms with Crippen molar-refractivity contribution in [2.45, 2.75) is 58.4 Å². The quantitative estimate of drug-likeness (QED) is 0.635. The fraction of sp³-hybridized carbons (Fsp3) is 1.00. The number of hydrogen-bond donors (Lipinski definition) is 0. The highest BCUT2D eigenvalue weighted by Crippen LogP contribution is 2.25. The predicted molar refractivity (Wildman–Crippen MR) is 59.0 cm³/mol. The summed E-state index contributed by atoms with van der Waals surface area (Å²) in [5.74, 6) is 0.908. The second kappa shape index (κ2) is 5.64. The van der Waals surface area contributed by atoms with Crippen LogP contribution < -0.4 is 0 Å². The summed E-state index contributed by atoms with van der Waals surface area (Å²) in [4.78, 5) is 2.54. The van der Waals surface area contributed by atoms with E-state index in [1.165, 1.54) is 45.1 Å². The molecule has 78 valence electrons. The minimum atomic E-state index is 0.852. The summed E-state index contributed by atoms with van der Waals surface area (Å²) < 4.78 is 0. The second-order valence-corrected chi connectivity index (χ2v) is 4.61. The normalized spacial score (nSPS) is 31.4. The molecular weight excluding hydrogens is 158 g/mol. The Bertz CT molecular complexity index is 133. The molecule has 1 rings (SSSR count). The molecule has 1 fully saturated rings. The summed E-state index contributed by atoms with van der Waals surface area (Å²) in [6.45, 7) is 5.91. The first-order valence-corrected chi connectivity index (χ1v) is 5.96. The zero-order valence-electron chi connectivity index (χ0n) is 9.55. The van der Waals surface area contributed by atoms with Gasteiger partial charge >= 0.3 is 0 Å². The topological polar surface area (TPSA) is 3.24 Å². The van der Waals surface area contributed by atoms with Crippen LogP contribution in [0.2, 0.25) is 0 Å². The average molecular weight is 183 g/mol. The maximum Gasteiger partial charge on any atom is 0.0118 e. The van der Waals surface area contributed by atoms with Gasteiger partial charge in [0.1, 0.15) is 0 Å². The molecule has 0 spiro atoms. The summed E-state index contributed by atoms with van der Waals surface area (Å²) in [6, 6.07) is 0.852. The van der Waals surface area contributed by atoms with Crippen LogP contribution in [0.3, 0.4) is 0 Å². The van der Waals surface area contributed by atoms with E-state index in [4.69, 9.17) is 0 Å². The van der Waals surface area contributed by atoms with Crippen LogP contribution in [0.15, 0.2) is 0 Å². The SMILES string of the molecule is CCN(C)C1CCCCCCC1C. The Balaban J connectivity index is 2.45. The van der Waals surface area contributed by atoms with Crippen molar-refractivity contribution in [3.05, 3.63) is 0 Å². The average Bonchev–Trinajstić information content (AvgIpc) is 2.11. The molecule has 0 N–H and O–H groups in total. The van der Waals surface area contributed by atoms with Crippen LogP contribution >= 0.6 is 0 Å². The first-order chi connectivity index (χ1) is 6.25. The Labute approximate surface area is 83.5 Å². The van der Waals surface area contributed by atoms with E-state index in [9.17, 15) is 0 Å². The van der Waals surface area contributed by atoms with Gasteiger partial charge in [-0.3, -0.25) is 0 Å². The van der Waals surface area contributed by atoms with Crippen molar-refractivity contribution in [2.75, 3.05) is 13.6 Å². The van der Waals surface area contributed by atoms with E-state index < -0.39 is 0 Å². The maximum absolute atomic E-state index is 2.54. The van der Waals surface area contributed by atoms with E-state index in [0.29, 0.717) is 0 Å². The van der Waals surface area contributed by atoms with Gasteiger partial charge in [0.15, 0.2) is 0 Å². The van der Waals surface area contributed by atoms with Crippen molar-refractivity contribution in [2.24, 2.45) is 5.92 Å². The lowest BCUT2D eigenvalue weighted by molar-refractivity contribution is 0.160. The van der Waals surface area contributed by atoms with Crippen LogP contribution in [-0.4, -0.2) is 24.5 Å². The Hall–Kier alpha value is -0.0400. The zero-order valence-corrected chi connectivity index (χ0v) is 9.55. The van der Waals surface area contributed by atoms with E-state index >= 15 is 0 Å². The minimum absolute atomic E-state index is 0.852. The first kappa shape index (κ1) is 11.0. The fourth-order valence-corrected chi connectivity index (χ4v) is 2.54. The second-order valence-electron chi connectivity index (χ2n) is 4.61. The first-order valence-electron chi connectivity index (χ1n) is 5.96. The number of hydrogen-bond acceptors (Lipinski definition) is 1. The van der Waals surface area contributed by atoms with Crippen molar-refractivity contribution in [1.29, 1.82) is 0 Å². The van der Waals surface area contributed by atoms with Gasteiger partial charge in [-0.25, -0.2) is 0 Å². The molecule has 0 heterocycles. The van der Waals surface area contributed by atoms with Gasteiger partial charge in [0.2, 0.25) is 0 Å². The molecule has 1 nitrogen and oxygen atoms in total. The number of nitrogens with zero attached hydrogens (tertiary/aromatic N) is 1. The molecule has 13 heavy (non-hydrogen) atoms. The highest BCUT2D eigenvalue weighted by molar-refractivity contribution is 4.76. The van der Waals surface area contributed by atoms with Crippen LogP contribution in [0.25, 0.3) is 0 Å². The molecule has 2 atom stereocenters. The summed E-state index contributed by atoms with van der Waals surface area (Å²) in [5.41, 5.74) is 0. The van der Waals surface area contributed by atoms with Crippen molar-refractivity contribution in [3.63, 3.8) is 0 Å². The molecule has 0 aliphatic heterocycles. The Morgan fingerprint density at radius 3 is 2.31 bits per heavy atom. The Morgan fingerprint density at radius 1 is 1.08 bits per heavy atom. The molecule has 0 aromatic rings. The molecule has 1 aliphatic carbocycles. The molecular formula is C12H25N. The molecule has 0 amide bonds. The van der Waals surface area contributed by atoms with Gasteiger partial charge in [-0.15, -0.1) is 0 Å². The van der Waals surface area contributed by atoms with E-state index in [1.54, 1.807) is 0 Å². The van der Waals surface area contributed by atoms with Gasteiger partial charge < -0.3 is 4.90 Å².